The molecule has 0 aliphatic heterocycles. The smallest absolute Gasteiger partial charge is 0.116 e. The van der Waals surface area contributed by atoms with Crippen molar-refractivity contribution in [3.05, 3.63) is 0 Å². The van der Waals surface area contributed by atoms with Crippen molar-refractivity contribution in [2.24, 2.45) is 0 Å². The lowest BCUT2D eigenvalue weighted by atomic mass is 10.2. The van der Waals surface area contributed by atoms with Crippen molar-refractivity contribution in [2.75, 3.05) is 0 Å². The zero-order valence-electron chi connectivity index (χ0n) is 9.66. The predicted molar refractivity (Wildman–Crippen MR) is 55.7 cm³/mol. The highest BCUT2D eigenvalue weighted by atomic mass is 16.3. The fourth-order valence-electron chi connectivity index (χ4n) is 0. The summed E-state index contributed by atoms with van der Waals surface area (Å²) < 4.78 is 0. The normalized spacial score (nSPS) is 11.4. The number of rotatable bonds is 1. The number of hydrogen-bond acceptors (Lipinski definition) is 3. The lowest BCUT2D eigenvalue weighted by molar-refractivity contribution is -0.106. The third kappa shape index (κ3) is 422. The molecule has 0 rings (SSSR count). The first-order chi connectivity index (χ1) is 5.68. The Morgan fingerprint density at radius 1 is 1.38 bits per heavy atom. The molecule has 0 saturated heterocycles. The van der Waals surface area contributed by atoms with Crippen LogP contribution in [0.5, 0.6) is 0 Å². The highest BCUT2D eigenvalue weighted by molar-refractivity contribution is 5.44. The molecular formula is C10H24O3. The van der Waals surface area contributed by atoms with Crippen LogP contribution in [0.3, 0.4) is 0 Å². The molecule has 0 saturated carbocycles. The molecule has 82 valence electrons. The molecule has 0 spiro atoms. The summed E-state index contributed by atoms with van der Waals surface area (Å²) >= 11 is 0. The van der Waals surface area contributed by atoms with Gasteiger partial charge in [0.25, 0.3) is 0 Å². The van der Waals surface area contributed by atoms with E-state index in [0.717, 1.165) is 12.7 Å². The topological polar surface area (TPSA) is 57.5 Å². The number of carbonyl (C=O) groups is 1. The molecule has 0 bridgehead atoms. The molecule has 0 aliphatic rings. The molecule has 0 aromatic heterocycles. The van der Waals surface area contributed by atoms with Crippen molar-refractivity contribution < 1.29 is 15.0 Å². The molecule has 1 atom stereocenters. The minimum atomic E-state index is -0.500. The lowest BCUT2D eigenvalue weighted by Crippen LogP contribution is -2.10. The van der Waals surface area contributed by atoms with Crippen LogP contribution < -0.4 is 0 Å². The fraction of sp³-hybridized carbons (Fsp3) is 0.900. The summed E-state index contributed by atoms with van der Waals surface area (Å²) in [6.07, 6.45) is 1.50. The standard InChI is InChI=1S/2C4H10O.C2H4O/c1-4(2,3)5;1-3-4(2)5;1-2-3/h5H,1-3H3;4-5H,3H2,1-2H3;2H,1H3. The number of aliphatic hydroxyl groups excluding tert-OH is 1. The van der Waals surface area contributed by atoms with Gasteiger partial charge in [-0.2, -0.15) is 0 Å². The van der Waals surface area contributed by atoms with E-state index in [2.05, 4.69) is 0 Å². The Morgan fingerprint density at radius 2 is 1.46 bits per heavy atom. The Kier molecular flexibility index (Phi) is 16.4. The van der Waals surface area contributed by atoms with Gasteiger partial charge in [0.05, 0.1) is 11.7 Å². The fourth-order valence-corrected chi connectivity index (χ4v) is 0. The maximum absolute atomic E-state index is 8.81. The van der Waals surface area contributed by atoms with Crippen molar-refractivity contribution in [2.45, 2.75) is 59.7 Å². The van der Waals surface area contributed by atoms with Gasteiger partial charge in [0, 0.05) is 0 Å². The van der Waals surface area contributed by atoms with Crippen molar-refractivity contribution in [3.8, 4) is 0 Å². The molecule has 0 fully saturated rings. The summed E-state index contributed by atoms with van der Waals surface area (Å²) in [7, 11) is 0. The van der Waals surface area contributed by atoms with Gasteiger partial charge in [-0.1, -0.05) is 6.92 Å². The van der Waals surface area contributed by atoms with E-state index >= 15 is 0 Å². The van der Waals surface area contributed by atoms with Crippen LogP contribution >= 0.6 is 0 Å². The Labute approximate surface area is 81.8 Å². The van der Waals surface area contributed by atoms with E-state index in [1.54, 1.807) is 27.7 Å². The summed E-state index contributed by atoms with van der Waals surface area (Å²) in [6, 6.07) is 0. The molecule has 0 aromatic rings. The Balaban J connectivity index is -0.000000120. The second kappa shape index (κ2) is 11.6. The van der Waals surface area contributed by atoms with Gasteiger partial charge < -0.3 is 15.0 Å². The molecule has 0 aliphatic carbocycles. The molecule has 0 amide bonds. The van der Waals surface area contributed by atoms with E-state index in [1.165, 1.54) is 6.92 Å². The Hall–Kier alpha value is -0.410. The molecule has 3 heteroatoms. The summed E-state index contributed by atoms with van der Waals surface area (Å²) in [5.41, 5.74) is -0.500. The quantitative estimate of drug-likeness (QED) is 0.622. The van der Waals surface area contributed by atoms with E-state index in [9.17, 15) is 0 Å². The van der Waals surface area contributed by atoms with E-state index in [0.29, 0.717) is 0 Å². The molecule has 13 heavy (non-hydrogen) atoms. The number of aliphatic hydroxyl groups is 2. The van der Waals surface area contributed by atoms with Crippen LogP contribution in [0.1, 0.15) is 48.0 Å². The first kappa shape index (κ1) is 18.4. The number of hydrogen-bond donors (Lipinski definition) is 2. The first-order valence-electron chi connectivity index (χ1n) is 4.49. The van der Waals surface area contributed by atoms with Crippen molar-refractivity contribution in [1.82, 2.24) is 0 Å². The molecule has 1 unspecified atom stereocenters. The van der Waals surface area contributed by atoms with E-state index < -0.39 is 5.60 Å². The van der Waals surface area contributed by atoms with Gasteiger partial charge >= 0.3 is 0 Å². The Morgan fingerprint density at radius 3 is 1.46 bits per heavy atom. The molecular weight excluding hydrogens is 168 g/mol. The van der Waals surface area contributed by atoms with E-state index in [-0.39, 0.29) is 6.10 Å². The van der Waals surface area contributed by atoms with Crippen LogP contribution in [0.4, 0.5) is 0 Å². The van der Waals surface area contributed by atoms with Gasteiger partial charge in [-0.15, -0.1) is 0 Å². The van der Waals surface area contributed by atoms with Gasteiger partial charge in [-0.3, -0.25) is 0 Å². The average molecular weight is 192 g/mol. The zero-order valence-corrected chi connectivity index (χ0v) is 9.66. The summed E-state index contributed by atoms with van der Waals surface area (Å²) in [5.74, 6) is 0. The maximum Gasteiger partial charge on any atom is 0.116 e. The highest BCUT2D eigenvalue weighted by Gasteiger charge is 1.97. The Bertz CT molecular complexity index is 86.8. The third-order valence-electron chi connectivity index (χ3n) is 0.591. The van der Waals surface area contributed by atoms with Gasteiger partial charge in [-0.05, 0) is 41.0 Å². The van der Waals surface area contributed by atoms with Gasteiger partial charge in [0.15, 0.2) is 0 Å². The molecule has 2 N–H and O–H groups in total. The van der Waals surface area contributed by atoms with Crippen molar-refractivity contribution in [1.29, 1.82) is 0 Å². The van der Waals surface area contributed by atoms with Crippen LogP contribution in [0.25, 0.3) is 0 Å². The van der Waals surface area contributed by atoms with E-state index in [4.69, 9.17) is 15.0 Å². The second-order valence-corrected chi connectivity index (χ2v) is 3.66. The third-order valence-corrected chi connectivity index (χ3v) is 0.591. The monoisotopic (exact) mass is 192 g/mol. The molecule has 0 aromatic carbocycles. The van der Waals surface area contributed by atoms with Gasteiger partial charge in [-0.25, -0.2) is 0 Å². The molecule has 0 radical (unpaired) electrons. The zero-order chi connectivity index (χ0) is 11.5. The lowest BCUT2D eigenvalue weighted by Gasteiger charge is -2.04. The van der Waals surface area contributed by atoms with Crippen molar-refractivity contribution in [3.63, 3.8) is 0 Å². The SMILES string of the molecule is CC(C)(C)O.CC=O.CCC(C)O. The largest absolute Gasteiger partial charge is 0.393 e. The van der Waals surface area contributed by atoms with Crippen LogP contribution in [0.15, 0.2) is 0 Å². The predicted octanol–water partition coefficient (Wildman–Crippen LogP) is 1.76. The highest BCUT2D eigenvalue weighted by Crippen LogP contribution is 1.93. The van der Waals surface area contributed by atoms with Gasteiger partial charge in [0.2, 0.25) is 0 Å². The van der Waals surface area contributed by atoms with E-state index in [1.807, 2.05) is 6.92 Å². The van der Waals surface area contributed by atoms with Crippen LogP contribution in [0.2, 0.25) is 0 Å². The summed E-state index contributed by atoms with van der Waals surface area (Å²) in [4.78, 5) is 8.81. The second-order valence-electron chi connectivity index (χ2n) is 3.66. The number of aldehydes is 1. The number of carbonyl (C=O) groups excluding carboxylic acids is 1. The van der Waals surface area contributed by atoms with Crippen LogP contribution in [-0.4, -0.2) is 28.2 Å². The van der Waals surface area contributed by atoms with Crippen molar-refractivity contribution >= 4 is 6.29 Å². The first-order valence-corrected chi connectivity index (χ1v) is 4.49. The maximum atomic E-state index is 8.81. The average Bonchev–Trinajstić information content (AvgIpc) is 1.85. The van der Waals surface area contributed by atoms with Gasteiger partial charge in [0.1, 0.15) is 6.29 Å². The van der Waals surface area contributed by atoms with Crippen LogP contribution in [0, 0.1) is 0 Å². The van der Waals surface area contributed by atoms with Crippen LogP contribution in [-0.2, 0) is 4.79 Å². The summed E-state index contributed by atoms with van der Waals surface area (Å²) in [6.45, 7) is 10.4. The minimum Gasteiger partial charge on any atom is -0.393 e. The summed E-state index contributed by atoms with van der Waals surface area (Å²) in [5, 5.41) is 16.9. The molecule has 3 nitrogen and oxygen atoms in total. The minimum absolute atomic E-state index is 0.116. The molecule has 0 heterocycles.